The van der Waals surface area contributed by atoms with Gasteiger partial charge in [0, 0.05) is 26.0 Å². The largest absolute Gasteiger partial charge is 0.385 e. The average molecular weight is 220 g/mol. The minimum atomic E-state index is 0.446. The Bertz CT molecular complexity index is 327. The van der Waals surface area contributed by atoms with Crippen LogP contribution in [0, 0.1) is 0 Å². The monoisotopic (exact) mass is 220 g/mol. The summed E-state index contributed by atoms with van der Waals surface area (Å²) in [6, 6.07) is 4.68. The topological polar surface area (TPSA) is 34.1 Å². The summed E-state index contributed by atoms with van der Waals surface area (Å²) in [6.07, 6.45) is 6.61. The van der Waals surface area contributed by atoms with Gasteiger partial charge in [-0.15, -0.1) is 0 Å². The summed E-state index contributed by atoms with van der Waals surface area (Å²) in [5, 5.41) is 3.57. The van der Waals surface area contributed by atoms with Crippen molar-refractivity contribution < 1.29 is 4.74 Å². The number of aromatic nitrogens is 1. The summed E-state index contributed by atoms with van der Waals surface area (Å²) >= 11 is 0. The zero-order valence-corrected chi connectivity index (χ0v) is 9.91. The molecule has 0 saturated carbocycles. The fraction of sp³-hybridized carbons (Fsp3) is 0.615. The molecule has 1 aliphatic rings. The third-order valence-electron chi connectivity index (χ3n) is 3.11. The molecule has 0 bridgehead atoms. The molecule has 1 aromatic rings. The number of nitrogens with one attached hydrogen (secondary N) is 1. The first-order valence-corrected chi connectivity index (χ1v) is 6.08. The van der Waals surface area contributed by atoms with Crippen molar-refractivity contribution in [2.75, 3.05) is 20.3 Å². The van der Waals surface area contributed by atoms with Crippen molar-refractivity contribution in [1.82, 2.24) is 10.3 Å². The molecule has 3 heteroatoms. The van der Waals surface area contributed by atoms with E-state index in [-0.39, 0.29) is 0 Å². The number of rotatable bonds is 5. The molecule has 0 fully saturated rings. The van der Waals surface area contributed by atoms with Gasteiger partial charge in [-0.25, -0.2) is 0 Å². The van der Waals surface area contributed by atoms with Crippen LogP contribution in [-0.2, 0) is 11.2 Å². The highest BCUT2D eigenvalue weighted by atomic mass is 16.5. The van der Waals surface area contributed by atoms with Crippen molar-refractivity contribution in [3.8, 4) is 0 Å². The maximum absolute atomic E-state index is 5.05. The Labute approximate surface area is 97.2 Å². The number of nitrogens with zero attached hydrogens (tertiary/aromatic N) is 1. The second-order valence-electron chi connectivity index (χ2n) is 4.29. The third kappa shape index (κ3) is 2.80. The van der Waals surface area contributed by atoms with Crippen LogP contribution in [0.2, 0.25) is 0 Å². The van der Waals surface area contributed by atoms with Crippen LogP contribution in [0.4, 0.5) is 0 Å². The van der Waals surface area contributed by atoms with Gasteiger partial charge >= 0.3 is 0 Å². The maximum Gasteiger partial charge on any atom is 0.0605 e. The summed E-state index contributed by atoms with van der Waals surface area (Å²) in [4.78, 5) is 4.51. The Morgan fingerprint density at radius 3 is 3.38 bits per heavy atom. The van der Waals surface area contributed by atoms with Gasteiger partial charge in [-0.3, -0.25) is 4.98 Å². The molecule has 1 aliphatic carbocycles. The van der Waals surface area contributed by atoms with Gasteiger partial charge in [0.25, 0.3) is 0 Å². The lowest BCUT2D eigenvalue weighted by molar-refractivity contribution is 0.192. The molecule has 1 atom stereocenters. The summed E-state index contributed by atoms with van der Waals surface area (Å²) < 4.78 is 5.05. The number of hydrogen-bond acceptors (Lipinski definition) is 3. The summed E-state index contributed by atoms with van der Waals surface area (Å²) in [6.45, 7) is 1.84. The number of ether oxygens (including phenoxy) is 1. The van der Waals surface area contributed by atoms with Crippen molar-refractivity contribution >= 4 is 0 Å². The first-order chi connectivity index (χ1) is 7.92. The van der Waals surface area contributed by atoms with Gasteiger partial charge in [-0.1, -0.05) is 6.07 Å². The third-order valence-corrected chi connectivity index (χ3v) is 3.11. The highest BCUT2D eigenvalue weighted by Crippen LogP contribution is 2.27. The number of hydrogen-bond donors (Lipinski definition) is 1. The van der Waals surface area contributed by atoms with E-state index in [9.17, 15) is 0 Å². The Morgan fingerprint density at radius 2 is 2.50 bits per heavy atom. The van der Waals surface area contributed by atoms with Crippen molar-refractivity contribution in [1.29, 1.82) is 0 Å². The van der Waals surface area contributed by atoms with E-state index in [0.29, 0.717) is 6.04 Å². The molecule has 1 aromatic heterocycles. The van der Waals surface area contributed by atoms with Crippen molar-refractivity contribution in [2.24, 2.45) is 0 Å². The first-order valence-electron chi connectivity index (χ1n) is 6.08. The average Bonchev–Trinajstić information content (AvgIpc) is 2.35. The zero-order valence-electron chi connectivity index (χ0n) is 9.91. The number of fused-ring (bicyclic) bond motifs is 1. The highest BCUT2D eigenvalue weighted by molar-refractivity contribution is 5.25. The molecule has 1 unspecified atom stereocenters. The zero-order chi connectivity index (χ0) is 11.2. The van der Waals surface area contributed by atoms with Crippen LogP contribution in [-0.4, -0.2) is 25.2 Å². The minimum Gasteiger partial charge on any atom is -0.385 e. The van der Waals surface area contributed by atoms with E-state index in [1.54, 1.807) is 7.11 Å². The van der Waals surface area contributed by atoms with Gasteiger partial charge < -0.3 is 10.1 Å². The molecule has 16 heavy (non-hydrogen) atoms. The summed E-state index contributed by atoms with van der Waals surface area (Å²) in [7, 11) is 1.75. The fourth-order valence-electron chi connectivity index (χ4n) is 2.30. The Kier molecular flexibility index (Phi) is 4.31. The van der Waals surface area contributed by atoms with Crippen LogP contribution in [0.3, 0.4) is 0 Å². The van der Waals surface area contributed by atoms with E-state index >= 15 is 0 Å². The quantitative estimate of drug-likeness (QED) is 0.771. The highest BCUT2D eigenvalue weighted by Gasteiger charge is 2.19. The molecular weight excluding hydrogens is 200 g/mol. The molecule has 0 spiro atoms. The summed E-state index contributed by atoms with van der Waals surface area (Å²) in [5.74, 6) is 0. The molecule has 0 aromatic carbocycles. The van der Waals surface area contributed by atoms with Crippen LogP contribution < -0.4 is 5.32 Å². The maximum atomic E-state index is 5.05. The number of methoxy groups -OCH3 is 1. The predicted octanol–water partition coefficient (Wildman–Crippen LogP) is 2.09. The van der Waals surface area contributed by atoms with Crippen molar-refractivity contribution in [3.63, 3.8) is 0 Å². The second-order valence-corrected chi connectivity index (χ2v) is 4.29. The SMILES string of the molecule is COCCCNC1CCCc2cccnc21. The molecule has 1 N–H and O–H groups in total. The fourth-order valence-corrected chi connectivity index (χ4v) is 2.30. The molecule has 1 heterocycles. The summed E-state index contributed by atoms with van der Waals surface area (Å²) in [5.41, 5.74) is 2.67. The van der Waals surface area contributed by atoms with E-state index in [4.69, 9.17) is 4.74 Å². The lowest BCUT2D eigenvalue weighted by Gasteiger charge is -2.25. The molecule has 3 nitrogen and oxygen atoms in total. The van der Waals surface area contributed by atoms with Gasteiger partial charge in [0.05, 0.1) is 5.69 Å². The van der Waals surface area contributed by atoms with Crippen molar-refractivity contribution in [2.45, 2.75) is 31.7 Å². The first kappa shape index (κ1) is 11.6. The van der Waals surface area contributed by atoms with Crippen LogP contribution >= 0.6 is 0 Å². The van der Waals surface area contributed by atoms with E-state index < -0.39 is 0 Å². The number of pyridine rings is 1. The van der Waals surface area contributed by atoms with Gasteiger partial charge in [0.1, 0.15) is 0 Å². The van der Waals surface area contributed by atoms with E-state index in [2.05, 4.69) is 16.4 Å². The van der Waals surface area contributed by atoms with Gasteiger partial charge in [-0.05, 0) is 43.9 Å². The Balaban J connectivity index is 1.91. The van der Waals surface area contributed by atoms with Crippen LogP contribution in [0.5, 0.6) is 0 Å². The molecule has 0 saturated heterocycles. The number of aryl methyl sites for hydroxylation is 1. The normalized spacial score (nSPS) is 19.4. The molecular formula is C13H20N2O. The van der Waals surface area contributed by atoms with E-state index in [1.807, 2.05) is 12.3 Å². The molecule has 0 aliphatic heterocycles. The molecule has 2 rings (SSSR count). The molecule has 0 radical (unpaired) electrons. The van der Waals surface area contributed by atoms with Crippen LogP contribution in [0.15, 0.2) is 18.3 Å². The standard InChI is InChI=1S/C13H20N2O/c1-16-10-4-9-14-12-7-2-5-11-6-3-8-15-13(11)12/h3,6,8,12,14H,2,4-5,7,9-10H2,1H3. The lowest BCUT2D eigenvalue weighted by Crippen LogP contribution is -2.27. The van der Waals surface area contributed by atoms with Gasteiger partial charge in [0.2, 0.25) is 0 Å². The molecule has 0 amide bonds. The Hall–Kier alpha value is -0.930. The second kappa shape index (κ2) is 5.97. The van der Waals surface area contributed by atoms with Gasteiger partial charge in [-0.2, -0.15) is 0 Å². The smallest absolute Gasteiger partial charge is 0.0605 e. The van der Waals surface area contributed by atoms with E-state index in [1.165, 1.54) is 30.5 Å². The van der Waals surface area contributed by atoms with Gasteiger partial charge in [0.15, 0.2) is 0 Å². The van der Waals surface area contributed by atoms with Crippen molar-refractivity contribution in [3.05, 3.63) is 29.6 Å². The minimum absolute atomic E-state index is 0.446. The van der Waals surface area contributed by atoms with E-state index in [0.717, 1.165) is 19.6 Å². The van der Waals surface area contributed by atoms with Crippen LogP contribution in [0.25, 0.3) is 0 Å². The Morgan fingerprint density at radius 1 is 1.56 bits per heavy atom. The molecule has 88 valence electrons. The van der Waals surface area contributed by atoms with Crippen LogP contribution in [0.1, 0.15) is 36.6 Å². The lowest BCUT2D eigenvalue weighted by atomic mass is 9.92. The predicted molar refractivity (Wildman–Crippen MR) is 64.4 cm³/mol.